The highest BCUT2D eigenvalue weighted by Gasteiger charge is 2.18. The highest BCUT2D eigenvalue weighted by atomic mass is 16.5. The summed E-state index contributed by atoms with van der Waals surface area (Å²) in [6, 6.07) is 6.80. The average Bonchev–Trinajstić information content (AvgIpc) is 2.97. The van der Waals surface area contributed by atoms with Crippen LogP contribution in [0, 0.1) is 6.92 Å². The lowest BCUT2D eigenvalue weighted by Crippen LogP contribution is -2.18. The van der Waals surface area contributed by atoms with Gasteiger partial charge in [0, 0.05) is 18.2 Å². The summed E-state index contributed by atoms with van der Waals surface area (Å²) in [6.45, 7) is 3.05. The Labute approximate surface area is 122 Å². The molecule has 20 heavy (non-hydrogen) atoms. The van der Waals surface area contributed by atoms with Crippen LogP contribution in [0.15, 0.2) is 18.2 Å². The van der Waals surface area contributed by atoms with Crippen molar-refractivity contribution in [1.82, 2.24) is 5.32 Å². The minimum atomic E-state index is 0.354. The summed E-state index contributed by atoms with van der Waals surface area (Å²) in [7, 11) is 3.77. The van der Waals surface area contributed by atoms with Crippen molar-refractivity contribution >= 4 is 0 Å². The molecule has 0 spiro atoms. The molecule has 0 amide bonds. The molecule has 0 aromatic heterocycles. The number of aryl methyl sites for hydroxylation is 1. The molecule has 2 rings (SSSR count). The lowest BCUT2D eigenvalue weighted by Gasteiger charge is -2.20. The Kier molecular flexibility index (Phi) is 5.86. The molecule has 1 aliphatic rings. The first-order chi connectivity index (χ1) is 9.74. The number of benzene rings is 1. The third-order valence-electron chi connectivity index (χ3n) is 4.16. The third kappa shape index (κ3) is 3.97. The molecule has 3 nitrogen and oxygen atoms in total. The fourth-order valence-electron chi connectivity index (χ4n) is 2.98. The summed E-state index contributed by atoms with van der Waals surface area (Å²) in [4.78, 5) is 0. The quantitative estimate of drug-likeness (QED) is 0.826. The van der Waals surface area contributed by atoms with Crippen molar-refractivity contribution in [3.63, 3.8) is 0 Å². The maximum Gasteiger partial charge on any atom is 0.123 e. The summed E-state index contributed by atoms with van der Waals surface area (Å²) >= 11 is 0. The van der Waals surface area contributed by atoms with Crippen molar-refractivity contribution in [3.05, 3.63) is 29.3 Å². The van der Waals surface area contributed by atoms with Crippen LogP contribution in [-0.4, -0.2) is 26.9 Å². The van der Waals surface area contributed by atoms with Crippen molar-refractivity contribution in [1.29, 1.82) is 0 Å². The molecule has 0 saturated carbocycles. The standard InChI is InChI=1S/C17H27NO2/c1-13-9-10-15(17(12-13)19-3)16(18-2)8-4-6-14-7-5-11-20-14/h9-10,12,14,16,18H,4-8,11H2,1-3H3. The van der Waals surface area contributed by atoms with Crippen LogP contribution in [-0.2, 0) is 4.74 Å². The van der Waals surface area contributed by atoms with E-state index in [4.69, 9.17) is 9.47 Å². The van der Waals surface area contributed by atoms with Gasteiger partial charge in [0.1, 0.15) is 5.75 Å². The highest BCUT2D eigenvalue weighted by Crippen LogP contribution is 2.30. The van der Waals surface area contributed by atoms with E-state index < -0.39 is 0 Å². The van der Waals surface area contributed by atoms with Gasteiger partial charge in [0.05, 0.1) is 13.2 Å². The van der Waals surface area contributed by atoms with Gasteiger partial charge in [-0.15, -0.1) is 0 Å². The normalized spacial score (nSPS) is 20.1. The lowest BCUT2D eigenvalue weighted by molar-refractivity contribution is 0.101. The predicted octanol–water partition coefficient (Wildman–Crippen LogP) is 3.61. The van der Waals surface area contributed by atoms with Gasteiger partial charge in [-0.2, -0.15) is 0 Å². The molecular weight excluding hydrogens is 250 g/mol. The summed E-state index contributed by atoms with van der Waals surface area (Å²) in [5.74, 6) is 0.987. The highest BCUT2D eigenvalue weighted by molar-refractivity contribution is 5.39. The first-order valence-corrected chi connectivity index (χ1v) is 7.68. The molecule has 1 heterocycles. The molecule has 112 valence electrons. The smallest absolute Gasteiger partial charge is 0.123 e. The van der Waals surface area contributed by atoms with E-state index in [0.717, 1.165) is 18.8 Å². The molecule has 3 heteroatoms. The van der Waals surface area contributed by atoms with E-state index in [0.29, 0.717) is 12.1 Å². The Hall–Kier alpha value is -1.06. The fraction of sp³-hybridized carbons (Fsp3) is 0.647. The van der Waals surface area contributed by atoms with E-state index in [1.807, 2.05) is 7.05 Å². The van der Waals surface area contributed by atoms with E-state index in [-0.39, 0.29) is 0 Å². The minimum Gasteiger partial charge on any atom is -0.496 e. The summed E-state index contributed by atoms with van der Waals surface area (Å²) in [5, 5.41) is 3.42. The van der Waals surface area contributed by atoms with Crippen molar-refractivity contribution in [2.75, 3.05) is 20.8 Å². The molecular formula is C17H27NO2. The van der Waals surface area contributed by atoms with Gasteiger partial charge in [0.25, 0.3) is 0 Å². The lowest BCUT2D eigenvalue weighted by atomic mass is 9.97. The number of hydrogen-bond acceptors (Lipinski definition) is 3. The second-order valence-corrected chi connectivity index (χ2v) is 5.65. The van der Waals surface area contributed by atoms with E-state index in [1.165, 1.54) is 36.8 Å². The summed E-state index contributed by atoms with van der Waals surface area (Å²) < 4.78 is 11.2. The van der Waals surface area contributed by atoms with Crippen LogP contribution in [0.3, 0.4) is 0 Å². The minimum absolute atomic E-state index is 0.354. The molecule has 2 atom stereocenters. The third-order valence-corrected chi connectivity index (χ3v) is 4.16. The maximum atomic E-state index is 5.69. The topological polar surface area (TPSA) is 30.5 Å². The summed E-state index contributed by atoms with van der Waals surface area (Å²) in [5.41, 5.74) is 2.49. The van der Waals surface area contributed by atoms with Crippen LogP contribution in [0.2, 0.25) is 0 Å². The van der Waals surface area contributed by atoms with Crippen molar-refractivity contribution < 1.29 is 9.47 Å². The molecule has 0 bridgehead atoms. The molecule has 1 aromatic carbocycles. The van der Waals surface area contributed by atoms with Crippen molar-refractivity contribution in [2.45, 2.75) is 51.2 Å². The van der Waals surface area contributed by atoms with Crippen LogP contribution >= 0.6 is 0 Å². The van der Waals surface area contributed by atoms with E-state index in [1.54, 1.807) is 7.11 Å². The molecule has 1 saturated heterocycles. The Morgan fingerprint density at radius 1 is 1.45 bits per heavy atom. The largest absolute Gasteiger partial charge is 0.496 e. The van der Waals surface area contributed by atoms with E-state index in [2.05, 4.69) is 30.4 Å². The first-order valence-electron chi connectivity index (χ1n) is 7.68. The predicted molar refractivity (Wildman–Crippen MR) is 82.4 cm³/mol. The van der Waals surface area contributed by atoms with Crippen LogP contribution in [0.4, 0.5) is 0 Å². The molecule has 1 aliphatic heterocycles. The summed E-state index contributed by atoms with van der Waals surface area (Å²) in [6.07, 6.45) is 6.44. The van der Waals surface area contributed by atoms with Gasteiger partial charge >= 0.3 is 0 Å². The van der Waals surface area contributed by atoms with Gasteiger partial charge in [-0.3, -0.25) is 0 Å². The van der Waals surface area contributed by atoms with Gasteiger partial charge in [0.2, 0.25) is 0 Å². The van der Waals surface area contributed by atoms with Crippen LogP contribution in [0.25, 0.3) is 0 Å². The van der Waals surface area contributed by atoms with Gasteiger partial charge in [-0.25, -0.2) is 0 Å². The second kappa shape index (κ2) is 7.65. The molecule has 1 aromatic rings. The van der Waals surface area contributed by atoms with E-state index >= 15 is 0 Å². The average molecular weight is 277 g/mol. The van der Waals surface area contributed by atoms with Crippen molar-refractivity contribution in [3.8, 4) is 5.75 Å². The number of nitrogens with one attached hydrogen (secondary N) is 1. The van der Waals surface area contributed by atoms with Crippen LogP contribution < -0.4 is 10.1 Å². The first kappa shape index (κ1) is 15.3. The van der Waals surface area contributed by atoms with Gasteiger partial charge in [-0.05, 0) is 57.7 Å². The Balaban J connectivity index is 1.93. The van der Waals surface area contributed by atoms with E-state index in [9.17, 15) is 0 Å². The molecule has 0 radical (unpaired) electrons. The SMILES string of the molecule is CNC(CCCC1CCCO1)c1ccc(C)cc1OC. The number of ether oxygens (including phenoxy) is 2. The molecule has 1 N–H and O–H groups in total. The van der Waals surface area contributed by atoms with Crippen LogP contribution in [0.5, 0.6) is 5.75 Å². The number of hydrogen-bond donors (Lipinski definition) is 1. The monoisotopic (exact) mass is 277 g/mol. The van der Waals surface area contributed by atoms with Crippen LogP contribution in [0.1, 0.15) is 49.3 Å². The van der Waals surface area contributed by atoms with Gasteiger partial charge < -0.3 is 14.8 Å². The maximum absolute atomic E-state index is 5.69. The number of methoxy groups -OCH3 is 1. The molecule has 0 aliphatic carbocycles. The number of rotatable bonds is 7. The zero-order valence-corrected chi connectivity index (χ0v) is 12.9. The Morgan fingerprint density at radius 2 is 2.30 bits per heavy atom. The molecule has 2 unspecified atom stereocenters. The zero-order valence-electron chi connectivity index (χ0n) is 12.9. The fourth-order valence-corrected chi connectivity index (χ4v) is 2.98. The second-order valence-electron chi connectivity index (χ2n) is 5.65. The van der Waals surface area contributed by atoms with Crippen molar-refractivity contribution in [2.24, 2.45) is 0 Å². The zero-order chi connectivity index (χ0) is 14.4. The van der Waals surface area contributed by atoms with Gasteiger partial charge in [0.15, 0.2) is 0 Å². The molecule has 1 fully saturated rings. The Morgan fingerprint density at radius 3 is 2.95 bits per heavy atom. The van der Waals surface area contributed by atoms with Gasteiger partial charge in [-0.1, -0.05) is 12.1 Å². The Bertz CT molecular complexity index is 413.